The Labute approximate surface area is 197 Å². The molecule has 1 aromatic heterocycles. The SMILES string of the molecule is COc1cc(NC(=O)[C@@H](C)Sc2nnc([C@@H](C)N(C)C)n2-c2ccc(F)cc2)cc(OC)c1. The number of halogens is 1. The average Bonchev–Trinajstić information content (AvgIpc) is 3.21. The van der Waals surface area contributed by atoms with E-state index in [1.54, 1.807) is 51.5 Å². The molecule has 10 heteroatoms. The number of rotatable bonds is 9. The number of aromatic nitrogens is 3. The van der Waals surface area contributed by atoms with Crippen molar-refractivity contribution < 1.29 is 18.7 Å². The number of nitrogens with zero attached hydrogens (tertiary/aromatic N) is 4. The molecule has 0 spiro atoms. The first-order chi connectivity index (χ1) is 15.7. The molecule has 0 fully saturated rings. The van der Waals surface area contributed by atoms with Crippen molar-refractivity contribution in [1.82, 2.24) is 19.7 Å². The molecule has 1 N–H and O–H groups in total. The molecule has 0 aliphatic rings. The van der Waals surface area contributed by atoms with Crippen LogP contribution in [0, 0.1) is 5.82 Å². The zero-order valence-corrected chi connectivity index (χ0v) is 20.3. The maximum Gasteiger partial charge on any atom is 0.237 e. The standard InChI is InChI=1S/C23H28FN5O3S/c1-14(28(3)4)21-26-27-23(29(21)18-9-7-16(24)8-10-18)33-15(2)22(30)25-17-11-19(31-5)13-20(12-17)32-6/h7-15H,1-6H3,(H,25,30)/t14-,15-/m1/s1. The van der Waals surface area contributed by atoms with Gasteiger partial charge in [0.05, 0.1) is 25.5 Å². The van der Waals surface area contributed by atoms with Gasteiger partial charge in [0.2, 0.25) is 5.91 Å². The van der Waals surface area contributed by atoms with E-state index in [2.05, 4.69) is 15.5 Å². The van der Waals surface area contributed by atoms with Crippen molar-refractivity contribution >= 4 is 23.4 Å². The number of benzene rings is 2. The molecule has 0 aliphatic heterocycles. The van der Waals surface area contributed by atoms with Crippen molar-refractivity contribution in [3.05, 3.63) is 54.1 Å². The van der Waals surface area contributed by atoms with Gasteiger partial charge in [0.1, 0.15) is 17.3 Å². The zero-order valence-electron chi connectivity index (χ0n) is 19.5. The molecule has 1 amide bonds. The van der Waals surface area contributed by atoms with Crippen molar-refractivity contribution in [3.63, 3.8) is 0 Å². The molecular weight excluding hydrogens is 445 g/mol. The Morgan fingerprint density at radius 2 is 1.67 bits per heavy atom. The first kappa shape index (κ1) is 24.5. The van der Waals surface area contributed by atoms with Crippen LogP contribution in [0.4, 0.5) is 10.1 Å². The summed E-state index contributed by atoms with van der Waals surface area (Å²) in [6.45, 7) is 3.79. The summed E-state index contributed by atoms with van der Waals surface area (Å²) < 4.78 is 25.9. The number of carbonyl (C=O) groups is 1. The lowest BCUT2D eigenvalue weighted by Crippen LogP contribution is -2.23. The Hall–Kier alpha value is -3.11. The highest BCUT2D eigenvalue weighted by atomic mass is 32.2. The van der Waals surface area contributed by atoms with Gasteiger partial charge in [-0.2, -0.15) is 0 Å². The van der Waals surface area contributed by atoms with E-state index in [-0.39, 0.29) is 17.8 Å². The van der Waals surface area contributed by atoms with Gasteiger partial charge < -0.3 is 14.8 Å². The number of nitrogens with one attached hydrogen (secondary N) is 1. The summed E-state index contributed by atoms with van der Waals surface area (Å²) in [7, 11) is 6.99. The molecule has 8 nitrogen and oxygen atoms in total. The number of hydrogen-bond acceptors (Lipinski definition) is 7. The lowest BCUT2D eigenvalue weighted by atomic mass is 10.2. The Balaban J connectivity index is 1.86. The second-order valence-electron chi connectivity index (χ2n) is 7.64. The molecule has 0 bridgehead atoms. The predicted octanol–water partition coefficient (Wildman–Crippen LogP) is 4.17. The number of methoxy groups -OCH3 is 2. The highest BCUT2D eigenvalue weighted by Gasteiger charge is 2.24. The van der Waals surface area contributed by atoms with E-state index < -0.39 is 5.25 Å². The van der Waals surface area contributed by atoms with Crippen LogP contribution in [0.2, 0.25) is 0 Å². The minimum Gasteiger partial charge on any atom is -0.497 e. The molecule has 33 heavy (non-hydrogen) atoms. The van der Waals surface area contributed by atoms with Crippen molar-refractivity contribution in [3.8, 4) is 17.2 Å². The van der Waals surface area contributed by atoms with Crippen LogP contribution in [0.1, 0.15) is 25.7 Å². The second-order valence-corrected chi connectivity index (χ2v) is 8.95. The number of anilines is 1. The first-order valence-electron chi connectivity index (χ1n) is 10.3. The molecule has 0 saturated heterocycles. The largest absolute Gasteiger partial charge is 0.497 e. The number of carbonyl (C=O) groups excluding carboxylic acids is 1. The average molecular weight is 474 g/mol. The van der Waals surface area contributed by atoms with Crippen molar-refractivity contribution in [2.24, 2.45) is 0 Å². The van der Waals surface area contributed by atoms with E-state index in [0.29, 0.717) is 28.2 Å². The molecule has 0 radical (unpaired) electrons. The van der Waals surface area contributed by atoms with Crippen LogP contribution in [0.3, 0.4) is 0 Å². The van der Waals surface area contributed by atoms with Gasteiger partial charge in [-0.1, -0.05) is 11.8 Å². The maximum absolute atomic E-state index is 13.5. The molecule has 2 atom stereocenters. The third-order valence-electron chi connectivity index (χ3n) is 5.16. The minimum absolute atomic E-state index is 0.0507. The minimum atomic E-state index is -0.492. The fourth-order valence-electron chi connectivity index (χ4n) is 3.03. The highest BCUT2D eigenvalue weighted by molar-refractivity contribution is 8.00. The summed E-state index contributed by atoms with van der Waals surface area (Å²) in [5.41, 5.74) is 1.28. The van der Waals surface area contributed by atoms with Gasteiger partial charge in [-0.25, -0.2) is 4.39 Å². The highest BCUT2D eigenvalue weighted by Crippen LogP contribution is 2.31. The Bertz CT molecular complexity index is 1080. The molecule has 1 heterocycles. The van der Waals surface area contributed by atoms with Gasteiger partial charge in [-0.3, -0.25) is 14.3 Å². The maximum atomic E-state index is 13.5. The van der Waals surface area contributed by atoms with Gasteiger partial charge >= 0.3 is 0 Å². The van der Waals surface area contributed by atoms with Crippen LogP contribution in [0.15, 0.2) is 47.6 Å². The molecule has 3 aromatic rings. The summed E-state index contributed by atoms with van der Waals surface area (Å²) in [6.07, 6.45) is 0. The zero-order chi connectivity index (χ0) is 24.1. The predicted molar refractivity (Wildman–Crippen MR) is 127 cm³/mol. The fraction of sp³-hybridized carbons (Fsp3) is 0.348. The lowest BCUT2D eigenvalue weighted by Gasteiger charge is -2.21. The molecule has 0 saturated carbocycles. The summed E-state index contributed by atoms with van der Waals surface area (Å²) in [5, 5.41) is 11.6. The number of hydrogen-bond donors (Lipinski definition) is 1. The Kier molecular flexibility index (Phi) is 7.93. The van der Waals surface area contributed by atoms with Crippen LogP contribution in [0.25, 0.3) is 5.69 Å². The van der Waals surface area contributed by atoms with E-state index in [1.807, 2.05) is 30.5 Å². The van der Waals surface area contributed by atoms with Crippen LogP contribution >= 0.6 is 11.8 Å². The van der Waals surface area contributed by atoms with Crippen molar-refractivity contribution in [2.75, 3.05) is 33.6 Å². The van der Waals surface area contributed by atoms with Crippen LogP contribution in [-0.4, -0.2) is 59.1 Å². The molecule has 176 valence electrons. The quantitative estimate of drug-likeness (QED) is 0.467. The molecular formula is C23H28FN5O3S. The smallest absolute Gasteiger partial charge is 0.237 e. The van der Waals surface area contributed by atoms with Crippen molar-refractivity contribution in [1.29, 1.82) is 0 Å². The van der Waals surface area contributed by atoms with E-state index in [1.165, 1.54) is 23.9 Å². The van der Waals surface area contributed by atoms with Gasteiger partial charge in [-0.15, -0.1) is 10.2 Å². The Morgan fingerprint density at radius 1 is 1.06 bits per heavy atom. The van der Waals surface area contributed by atoms with E-state index >= 15 is 0 Å². The van der Waals surface area contributed by atoms with E-state index in [9.17, 15) is 9.18 Å². The second kappa shape index (κ2) is 10.7. The number of amides is 1. The lowest BCUT2D eigenvalue weighted by molar-refractivity contribution is -0.115. The normalized spacial score (nSPS) is 13.0. The summed E-state index contributed by atoms with van der Waals surface area (Å²) in [6, 6.07) is 11.2. The van der Waals surface area contributed by atoms with Gasteiger partial charge in [0.25, 0.3) is 0 Å². The summed E-state index contributed by atoms with van der Waals surface area (Å²) >= 11 is 1.27. The number of thioether (sulfide) groups is 1. The monoisotopic (exact) mass is 473 g/mol. The molecule has 2 aromatic carbocycles. The topological polar surface area (TPSA) is 81.5 Å². The summed E-state index contributed by atoms with van der Waals surface area (Å²) in [5.74, 6) is 1.29. The van der Waals surface area contributed by atoms with E-state index in [4.69, 9.17) is 9.47 Å². The third-order valence-corrected chi connectivity index (χ3v) is 6.20. The molecule has 0 aliphatic carbocycles. The fourth-order valence-corrected chi connectivity index (χ4v) is 3.90. The van der Waals surface area contributed by atoms with Crippen molar-refractivity contribution in [2.45, 2.75) is 30.3 Å². The van der Waals surface area contributed by atoms with Gasteiger partial charge in [0, 0.05) is 29.6 Å². The van der Waals surface area contributed by atoms with Gasteiger partial charge in [0.15, 0.2) is 11.0 Å². The van der Waals surface area contributed by atoms with Gasteiger partial charge in [-0.05, 0) is 52.2 Å². The van der Waals surface area contributed by atoms with Crippen LogP contribution in [-0.2, 0) is 4.79 Å². The summed E-state index contributed by atoms with van der Waals surface area (Å²) in [4.78, 5) is 14.9. The third kappa shape index (κ3) is 5.82. The van der Waals surface area contributed by atoms with Crippen LogP contribution in [0.5, 0.6) is 11.5 Å². The van der Waals surface area contributed by atoms with Crippen LogP contribution < -0.4 is 14.8 Å². The number of ether oxygens (including phenoxy) is 2. The first-order valence-corrected chi connectivity index (χ1v) is 11.2. The molecule has 3 rings (SSSR count). The van der Waals surface area contributed by atoms with E-state index in [0.717, 1.165) is 5.69 Å². The molecule has 0 unspecified atom stereocenters. The Morgan fingerprint density at radius 3 is 2.21 bits per heavy atom.